The van der Waals surface area contributed by atoms with Gasteiger partial charge in [0, 0.05) is 6.54 Å². The van der Waals surface area contributed by atoms with Gasteiger partial charge in [0.05, 0.1) is 0 Å². The Labute approximate surface area is 111 Å². The molecule has 104 valence electrons. The zero-order valence-electron chi connectivity index (χ0n) is 10.9. The number of nitrogens with zero attached hydrogens (tertiary/aromatic N) is 1. The summed E-state index contributed by atoms with van der Waals surface area (Å²) in [7, 11) is 0. The number of carboxylic acid groups (broad SMARTS) is 1. The van der Waals surface area contributed by atoms with Crippen molar-refractivity contribution in [1.29, 1.82) is 0 Å². The zero-order chi connectivity index (χ0) is 13.8. The number of rotatable bonds is 5. The van der Waals surface area contributed by atoms with Crippen molar-refractivity contribution in [3.8, 4) is 5.75 Å². The lowest BCUT2D eigenvalue weighted by Crippen LogP contribution is -2.41. The summed E-state index contributed by atoms with van der Waals surface area (Å²) in [4.78, 5) is 13.1. The Morgan fingerprint density at radius 2 is 2.16 bits per heavy atom. The fraction of sp³-hybridized carbons (Fsp3) is 0.500. The molecule has 0 radical (unpaired) electrons. The predicted octanol–water partition coefficient (Wildman–Crippen LogP) is 2.00. The van der Waals surface area contributed by atoms with Crippen molar-refractivity contribution in [2.24, 2.45) is 5.92 Å². The molecule has 1 fully saturated rings. The number of carboxylic acids is 1. The van der Waals surface area contributed by atoms with Crippen molar-refractivity contribution in [2.75, 3.05) is 19.7 Å². The summed E-state index contributed by atoms with van der Waals surface area (Å²) in [5, 5.41) is 9.18. The molecule has 1 aromatic carbocycles. The lowest BCUT2D eigenvalue weighted by Gasteiger charge is -2.22. The first-order valence-electron chi connectivity index (χ1n) is 6.43. The van der Waals surface area contributed by atoms with Crippen LogP contribution in [0.1, 0.15) is 13.3 Å². The van der Waals surface area contributed by atoms with Gasteiger partial charge in [0.15, 0.2) is 0 Å². The maximum absolute atomic E-state index is 12.7. The van der Waals surface area contributed by atoms with Crippen LogP contribution in [0.2, 0.25) is 0 Å². The van der Waals surface area contributed by atoms with Gasteiger partial charge in [-0.3, -0.25) is 9.69 Å². The monoisotopic (exact) mass is 267 g/mol. The highest BCUT2D eigenvalue weighted by Crippen LogP contribution is 2.23. The third kappa shape index (κ3) is 3.44. The Hall–Kier alpha value is -1.62. The fourth-order valence-corrected chi connectivity index (χ4v) is 2.49. The molecule has 2 unspecified atom stereocenters. The van der Waals surface area contributed by atoms with E-state index in [4.69, 9.17) is 4.74 Å². The van der Waals surface area contributed by atoms with Crippen LogP contribution in [0.15, 0.2) is 24.3 Å². The topological polar surface area (TPSA) is 49.8 Å². The van der Waals surface area contributed by atoms with Crippen molar-refractivity contribution in [1.82, 2.24) is 4.90 Å². The van der Waals surface area contributed by atoms with E-state index >= 15 is 0 Å². The molecule has 1 aliphatic heterocycles. The lowest BCUT2D eigenvalue weighted by molar-refractivity contribution is -0.143. The highest BCUT2D eigenvalue weighted by atomic mass is 19.1. The summed E-state index contributed by atoms with van der Waals surface area (Å²) in [6.07, 6.45) is 0.896. The number of benzene rings is 1. The van der Waals surface area contributed by atoms with E-state index in [-0.39, 0.29) is 11.7 Å². The van der Waals surface area contributed by atoms with Gasteiger partial charge in [0.2, 0.25) is 0 Å². The van der Waals surface area contributed by atoms with Gasteiger partial charge in [0.25, 0.3) is 0 Å². The van der Waals surface area contributed by atoms with Crippen molar-refractivity contribution < 1.29 is 19.0 Å². The van der Waals surface area contributed by atoms with Crippen LogP contribution in [0.4, 0.5) is 4.39 Å². The van der Waals surface area contributed by atoms with E-state index in [1.54, 1.807) is 12.1 Å². The van der Waals surface area contributed by atoms with E-state index in [0.717, 1.165) is 13.0 Å². The minimum Gasteiger partial charge on any atom is -0.492 e. The maximum Gasteiger partial charge on any atom is 0.321 e. The van der Waals surface area contributed by atoms with Crippen LogP contribution in [0.5, 0.6) is 5.75 Å². The van der Waals surface area contributed by atoms with Crippen molar-refractivity contribution in [2.45, 2.75) is 19.4 Å². The van der Waals surface area contributed by atoms with Crippen LogP contribution in [0, 0.1) is 11.7 Å². The molecule has 0 amide bonds. The van der Waals surface area contributed by atoms with Gasteiger partial charge in [-0.15, -0.1) is 0 Å². The summed E-state index contributed by atoms with van der Waals surface area (Å²) < 4.78 is 18.2. The largest absolute Gasteiger partial charge is 0.492 e. The molecule has 0 aromatic heterocycles. The summed E-state index contributed by atoms with van der Waals surface area (Å²) in [5.74, 6) is -0.303. The minimum absolute atomic E-state index is 0.170. The van der Waals surface area contributed by atoms with Crippen LogP contribution in [0.25, 0.3) is 0 Å². The Morgan fingerprint density at radius 3 is 2.79 bits per heavy atom. The molecule has 0 saturated carbocycles. The van der Waals surface area contributed by atoms with E-state index in [1.807, 2.05) is 11.8 Å². The van der Waals surface area contributed by atoms with E-state index in [0.29, 0.717) is 18.9 Å². The summed E-state index contributed by atoms with van der Waals surface area (Å²) in [6.45, 7) is 3.71. The van der Waals surface area contributed by atoms with Gasteiger partial charge in [-0.25, -0.2) is 4.39 Å². The van der Waals surface area contributed by atoms with Gasteiger partial charge in [-0.05, 0) is 43.1 Å². The average Bonchev–Trinajstić information content (AvgIpc) is 2.73. The predicted molar refractivity (Wildman–Crippen MR) is 68.7 cm³/mol. The van der Waals surface area contributed by atoms with Crippen LogP contribution in [-0.4, -0.2) is 41.7 Å². The van der Waals surface area contributed by atoms with Gasteiger partial charge in [0.1, 0.15) is 24.2 Å². The van der Waals surface area contributed by atoms with E-state index in [2.05, 4.69) is 0 Å². The Balaban J connectivity index is 1.82. The van der Waals surface area contributed by atoms with Crippen LogP contribution >= 0.6 is 0 Å². The Bertz CT molecular complexity index is 435. The van der Waals surface area contributed by atoms with E-state index in [1.165, 1.54) is 12.1 Å². The van der Waals surface area contributed by atoms with Crippen LogP contribution in [0.3, 0.4) is 0 Å². The summed E-state index contributed by atoms with van der Waals surface area (Å²) in [6, 6.07) is 5.39. The highest BCUT2D eigenvalue weighted by molar-refractivity contribution is 5.74. The molecule has 0 bridgehead atoms. The Kier molecular flexibility index (Phi) is 4.37. The lowest BCUT2D eigenvalue weighted by atomic mass is 10.0. The molecule has 1 N–H and O–H groups in total. The summed E-state index contributed by atoms with van der Waals surface area (Å²) >= 11 is 0. The minimum atomic E-state index is -0.771. The second-order valence-electron chi connectivity index (χ2n) is 4.89. The first kappa shape index (κ1) is 13.8. The molecule has 1 aliphatic rings. The maximum atomic E-state index is 12.7. The molecule has 4 nitrogen and oxygen atoms in total. The first-order valence-corrected chi connectivity index (χ1v) is 6.43. The molecule has 19 heavy (non-hydrogen) atoms. The number of aliphatic carboxylic acids is 1. The van der Waals surface area contributed by atoms with Gasteiger partial charge in [-0.1, -0.05) is 6.92 Å². The molecular weight excluding hydrogens is 249 g/mol. The number of carbonyl (C=O) groups is 1. The number of hydrogen-bond donors (Lipinski definition) is 1. The first-order chi connectivity index (χ1) is 9.08. The molecule has 1 aromatic rings. The molecule has 1 heterocycles. The Morgan fingerprint density at radius 1 is 1.47 bits per heavy atom. The van der Waals surface area contributed by atoms with Crippen molar-refractivity contribution in [3.63, 3.8) is 0 Å². The van der Waals surface area contributed by atoms with Crippen molar-refractivity contribution >= 4 is 5.97 Å². The second-order valence-corrected chi connectivity index (χ2v) is 4.89. The normalized spacial score (nSPS) is 23.5. The quantitative estimate of drug-likeness (QED) is 0.886. The molecule has 5 heteroatoms. The average molecular weight is 267 g/mol. The number of ether oxygens (including phenoxy) is 1. The van der Waals surface area contributed by atoms with E-state index in [9.17, 15) is 14.3 Å². The third-order valence-electron chi connectivity index (χ3n) is 3.52. The highest BCUT2D eigenvalue weighted by Gasteiger charge is 2.36. The number of likely N-dealkylation sites (tertiary alicyclic amines) is 1. The second kappa shape index (κ2) is 6.02. The smallest absolute Gasteiger partial charge is 0.321 e. The van der Waals surface area contributed by atoms with Gasteiger partial charge < -0.3 is 9.84 Å². The molecular formula is C14H18FNO3. The van der Waals surface area contributed by atoms with E-state index < -0.39 is 12.0 Å². The molecule has 1 saturated heterocycles. The number of halogens is 1. The fourth-order valence-electron chi connectivity index (χ4n) is 2.49. The standard InChI is InChI=1S/C14H18FNO3/c1-10-6-7-16(13(10)14(17)18)8-9-19-12-4-2-11(15)3-5-12/h2-5,10,13H,6-9H2,1H3,(H,17,18). The summed E-state index contributed by atoms with van der Waals surface area (Å²) in [5.41, 5.74) is 0. The molecule has 0 aliphatic carbocycles. The number of hydrogen-bond acceptors (Lipinski definition) is 3. The molecule has 0 spiro atoms. The van der Waals surface area contributed by atoms with Crippen molar-refractivity contribution in [3.05, 3.63) is 30.1 Å². The van der Waals surface area contributed by atoms with Gasteiger partial charge in [-0.2, -0.15) is 0 Å². The third-order valence-corrected chi connectivity index (χ3v) is 3.52. The molecule has 2 rings (SSSR count). The zero-order valence-corrected chi connectivity index (χ0v) is 10.9. The SMILES string of the molecule is CC1CCN(CCOc2ccc(F)cc2)C1C(=O)O. The van der Waals surface area contributed by atoms with Crippen LogP contribution < -0.4 is 4.74 Å². The van der Waals surface area contributed by atoms with Gasteiger partial charge >= 0.3 is 5.97 Å². The molecule has 2 atom stereocenters. The van der Waals surface area contributed by atoms with Crippen LogP contribution in [-0.2, 0) is 4.79 Å².